The van der Waals surface area contributed by atoms with Crippen molar-refractivity contribution in [2.45, 2.75) is 64.7 Å². The maximum absolute atomic E-state index is 11.3. The molecule has 0 aromatic heterocycles. The van der Waals surface area contributed by atoms with Gasteiger partial charge in [0.05, 0.1) is 0 Å². The molecule has 118 valence electrons. The third-order valence-electron chi connectivity index (χ3n) is 6.20. The molecule has 5 heteroatoms. The molecule has 0 heterocycles. The molecule has 5 nitrogen and oxygen atoms in total. The average molecular weight is 295 g/mol. The minimum absolute atomic E-state index is 0.0252. The fourth-order valence-corrected chi connectivity index (χ4v) is 5.52. The van der Waals surface area contributed by atoms with Gasteiger partial charge in [0.1, 0.15) is 12.2 Å². The van der Waals surface area contributed by atoms with Crippen LogP contribution in [0.4, 0.5) is 0 Å². The van der Waals surface area contributed by atoms with Crippen LogP contribution in [0.3, 0.4) is 0 Å². The van der Waals surface area contributed by atoms with Crippen molar-refractivity contribution in [2.24, 2.45) is 28.9 Å². The van der Waals surface area contributed by atoms with Crippen LogP contribution in [0.15, 0.2) is 0 Å². The molecule has 0 aromatic rings. The van der Waals surface area contributed by atoms with Gasteiger partial charge in [-0.3, -0.25) is 9.59 Å². The summed E-state index contributed by atoms with van der Waals surface area (Å²) in [6, 6.07) is 0.130. The fraction of sp³-hybridized carbons (Fsp3) is 0.875. The minimum atomic E-state index is -0.344. The van der Waals surface area contributed by atoms with Gasteiger partial charge in [-0.05, 0) is 48.9 Å². The van der Waals surface area contributed by atoms with Crippen molar-refractivity contribution in [1.29, 1.82) is 0 Å². The van der Waals surface area contributed by atoms with Gasteiger partial charge in [0.25, 0.3) is 0 Å². The van der Waals surface area contributed by atoms with Gasteiger partial charge in [0, 0.05) is 19.9 Å². The molecular weight excluding hydrogens is 270 g/mol. The minimum Gasteiger partial charge on any atom is -0.459 e. The van der Waals surface area contributed by atoms with Crippen LogP contribution in [0.5, 0.6) is 0 Å². The molecule has 3 saturated carbocycles. The van der Waals surface area contributed by atoms with Crippen molar-refractivity contribution < 1.29 is 19.1 Å². The van der Waals surface area contributed by atoms with Crippen molar-refractivity contribution in [3.63, 3.8) is 0 Å². The Labute approximate surface area is 125 Å². The molecule has 3 aliphatic rings. The molecule has 3 aliphatic carbocycles. The summed E-state index contributed by atoms with van der Waals surface area (Å²) in [4.78, 5) is 22.7. The van der Waals surface area contributed by atoms with E-state index in [9.17, 15) is 9.59 Å². The van der Waals surface area contributed by atoms with Crippen molar-refractivity contribution in [3.8, 4) is 0 Å². The third kappa shape index (κ3) is 2.17. The zero-order chi connectivity index (χ0) is 15.4. The molecule has 0 aliphatic heterocycles. The Hall–Kier alpha value is -1.10. The smallest absolute Gasteiger partial charge is 0.303 e. The van der Waals surface area contributed by atoms with E-state index in [2.05, 4.69) is 6.92 Å². The fourth-order valence-electron chi connectivity index (χ4n) is 5.52. The van der Waals surface area contributed by atoms with Gasteiger partial charge >= 0.3 is 11.9 Å². The molecule has 2 bridgehead atoms. The van der Waals surface area contributed by atoms with E-state index in [4.69, 9.17) is 15.2 Å². The Morgan fingerprint density at radius 3 is 1.95 bits per heavy atom. The molecule has 0 aromatic carbocycles. The van der Waals surface area contributed by atoms with Crippen LogP contribution in [0, 0.1) is 23.2 Å². The van der Waals surface area contributed by atoms with Gasteiger partial charge in [-0.25, -0.2) is 0 Å². The number of nitrogens with two attached hydrogens (primary N) is 1. The quantitative estimate of drug-likeness (QED) is 0.783. The molecule has 0 amide bonds. The number of esters is 2. The summed E-state index contributed by atoms with van der Waals surface area (Å²) in [5.41, 5.74) is 6.53. The lowest BCUT2D eigenvalue weighted by Crippen LogP contribution is -2.45. The second kappa shape index (κ2) is 4.97. The van der Waals surface area contributed by atoms with Crippen molar-refractivity contribution in [3.05, 3.63) is 0 Å². The SMILES string of the molecule is CC(=O)OC1CC2(C[C@H]1OC(C)=O)[C@H](N)C1CC[C@@H]2C1C. The van der Waals surface area contributed by atoms with Crippen LogP contribution < -0.4 is 5.73 Å². The van der Waals surface area contributed by atoms with Gasteiger partial charge in [-0.1, -0.05) is 6.92 Å². The van der Waals surface area contributed by atoms with Crippen LogP contribution in [0.1, 0.15) is 46.5 Å². The lowest BCUT2D eigenvalue weighted by molar-refractivity contribution is -0.162. The Bertz CT molecular complexity index is 439. The highest BCUT2D eigenvalue weighted by molar-refractivity contribution is 5.67. The van der Waals surface area contributed by atoms with E-state index in [1.165, 1.54) is 26.7 Å². The molecule has 3 fully saturated rings. The van der Waals surface area contributed by atoms with E-state index < -0.39 is 0 Å². The number of carbonyl (C=O) groups is 2. The lowest BCUT2D eigenvalue weighted by Gasteiger charge is -2.39. The van der Waals surface area contributed by atoms with Crippen molar-refractivity contribution >= 4 is 11.9 Å². The number of hydrogen-bond donors (Lipinski definition) is 1. The van der Waals surface area contributed by atoms with Gasteiger partial charge in [0.2, 0.25) is 0 Å². The highest BCUT2D eigenvalue weighted by Crippen LogP contribution is 2.65. The van der Waals surface area contributed by atoms with Gasteiger partial charge in [0.15, 0.2) is 0 Å². The largest absolute Gasteiger partial charge is 0.459 e. The van der Waals surface area contributed by atoms with Gasteiger partial charge < -0.3 is 15.2 Å². The molecule has 1 spiro atoms. The van der Waals surface area contributed by atoms with Crippen LogP contribution in [0.2, 0.25) is 0 Å². The van der Waals surface area contributed by atoms with E-state index in [1.54, 1.807) is 0 Å². The second-order valence-corrected chi connectivity index (χ2v) is 7.17. The first-order chi connectivity index (χ1) is 9.85. The molecule has 0 radical (unpaired) electrons. The Balaban J connectivity index is 1.85. The average Bonchev–Trinajstić information content (AvgIpc) is 2.94. The first-order valence-corrected chi connectivity index (χ1v) is 7.95. The number of ether oxygens (including phenoxy) is 2. The zero-order valence-corrected chi connectivity index (χ0v) is 13.0. The molecule has 4 unspecified atom stereocenters. The number of hydrogen-bond acceptors (Lipinski definition) is 5. The van der Waals surface area contributed by atoms with Crippen LogP contribution >= 0.6 is 0 Å². The normalized spacial score (nSPS) is 47.8. The molecule has 7 atom stereocenters. The van der Waals surface area contributed by atoms with Gasteiger partial charge in [-0.2, -0.15) is 0 Å². The molecule has 2 N–H and O–H groups in total. The zero-order valence-electron chi connectivity index (χ0n) is 13.0. The second-order valence-electron chi connectivity index (χ2n) is 7.17. The molecule has 0 saturated heterocycles. The predicted octanol–water partition coefficient (Wildman–Crippen LogP) is 1.63. The van der Waals surface area contributed by atoms with Crippen LogP contribution in [0.25, 0.3) is 0 Å². The summed E-state index contributed by atoms with van der Waals surface area (Å²) in [6.07, 6.45) is 3.17. The third-order valence-corrected chi connectivity index (χ3v) is 6.20. The maximum Gasteiger partial charge on any atom is 0.303 e. The Morgan fingerprint density at radius 1 is 1.05 bits per heavy atom. The van der Waals surface area contributed by atoms with E-state index in [-0.39, 0.29) is 35.6 Å². The highest BCUT2D eigenvalue weighted by Gasteiger charge is 2.65. The number of fused-ring (bicyclic) bond motifs is 3. The molecule has 21 heavy (non-hydrogen) atoms. The van der Waals surface area contributed by atoms with Crippen LogP contribution in [-0.2, 0) is 19.1 Å². The summed E-state index contributed by atoms with van der Waals surface area (Å²) in [7, 11) is 0. The van der Waals surface area contributed by atoms with Gasteiger partial charge in [-0.15, -0.1) is 0 Å². The van der Waals surface area contributed by atoms with E-state index >= 15 is 0 Å². The standard InChI is InChI=1S/C16H25NO4/c1-8-11-4-5-12(8)16(15(11)17)6-13(20-9(2)18)14(7-16)21-10(3)19/h8,11-15H,4-7,17H2,1-3H3/t8?,11?,12-,13-,14?,15-,16?/m1/s1. The predicted molar refractivity (Wildman–Crippen MR) is 76.1 cm³/mol. The Morgan fingerprint density at radius 2 is 1.57 bits per heavy atom. The van der Waals surface area contributed by atoms with Crippen molar-refractivity contribution in [1.82, 2.24) is 0 Å². The first kappa shape index (κ1) is 14.8. The summed E-state index contributed by atoms with van der Waals surface area (Å²) >= 11 is 0. The topological polar surface area (TPSA) is 78.6 Å². The first-order valence-electron chi connectivity index (χ1n) is 7.95. The van der Waals surface area contributed by atoms with Crippen LogP contribution in [-0.4, -0.2) is 30.2 Å². The van der Waals surface area contributed by atoms with E-state index in [0.29, 0.717) is 17.8 Å². The summed E-state index contributed by atoms with van der Waals surface area (Å²) in [5.74, 6) is 1.10. The summed E-state index contributed by atoms with van der Waals surface area (Å²) < 4.78 is 10.9. The van der Waals surface area contributed by atoms with Crippen molar-refractivity contribution in [2.75, 3.05) is 0 Å². The highest BCUT2D eigenvalue weighted by atomic mass is 16.6. The van der Waals surface area contributed by atoms with E-state index in [1.807, 2.05) is 0 Å². The lowest BCUT2D eigenvalue weighted by atomic mass is 9.68. The maximum atomic E-state index is 11.3. The molecule has 3 rings (SSSR count). The number of carbonyl (C=O) groups excluding carboxylic acids is 2. The monoisotopic (exact) mass is 295 g/mol. The Kier molecular flexibility index (Phi) is 3.51. The number of rotatable bonds is 2. The molecular formula is C16H25NO4. The summed E-state index contributed by atoms with van der Waals surface area (Å²) in [6.45, 7) is 5.09. The summed E-state index contributed by atoms with van der Waals surface area (Å²) in [5, 5.41) is 0. The van der Waals surface area contributed by atoms with E-state index in [0.717, 1.165) is 12.8 Å².